The summed E-state index contributed by atoms with van der Waals surface area (Å²) >= 11 is 0. The zero-order chi connectivity index (χ0) is 12.1. The summed E-state index contributed by atoms with van der Waals surface area (Å²) < 4.78 is 5.69. The molecule has 0 radical (unpaired) electrons. The molecule has 17 heavy (non-hydrogen) atoms. The van der Waals surface area contributed by atoms with Crippen molar-refractivity contribution in [2.24, 2.45) is 0 Å². The van der Waals surface area contributed by atoms with E-state index in [9.17, 15) is 4.79 Å². The van der Waals surface area contributed by atoms with Crippen LogP contribution in [0.2, 0.25) is 0 Å². The van der Waals surface area contributed by atoms with Crippen molar-refractivity contribution in [1.29, 1.82) is 0 Å². The van der Waals surface area contributed by atoms with Crippen molar-refractivity contribution in [2.45, 2.75) is 51.2 Å². The van der Waals surface area contributed by atoms with Crippen LogP contribution in [0, 0.1) is 0 Å². The van der Waals surface area contributed by atoms with Gasteiger partial charge >= 0.3 is 0 Å². The molecular formula is C13H24N2O2. The van der Waals surface area contributed by atoms with E-state index >= 15 is 0 Å². The van der Waals surface area contributed by atoms with Crippen molar-refractivity contribution in [2.75, 3.05) is 26.2 Å². The van der Waals surface area contributed by atoms with Crippen LogP contribution < -0.4 is 5.32 Å². The number of rotatable bonds is 4. The van der Waals surface area contributed by atoms with Gasteiger partial charge in [0.25, 0.3) is 5.91 Å². The number of piperidine rings is 1. The number of amides is 1. The van der Waals surface area contributed by atoms with Crippen LogP contribution in [0.3, 0.4) is 0 Å². The number of nitrogens with one attached hydrogen (secondary N) is 1. The van der Waals surface area contributed by atoms with Gasteiger partial charge in [0.2, 0.25) is 0 Å². The molecule has 1 N–H and O–H groups in total. The molecule has 0 saturated carbocycles. The second kappa shape index (κ2) is 6.36. The lowest BCUT2D eigenvalue weighted by Crippen LogP contribution is -2.43. The van der Waals surface area contributed by atoms with Crippen LogP contribution in [-0.4, -0.2) is 49.2 Å². The normalized spacial score (nSPS) is 27.1. The summed E-state index contributed by atoms with van der Waals surface area (Å²) in [6, 6.07) is 0.451. The predicted molar refractivity (Wildman–Crippen MR) is 66.9 cm³/mol. The standard InChI is InChI=1S/C13H24N2O2/c1-11(17-10-12-6-5-7-14-12)13(16)15-8-3-2-4-9-15/h11-12,14H,2-10H2,1H3. The number of hydrogen-bond donors (Lipinski definition) is 1. The summed E-state index contributed by atoms with van der Waals surface area (Å²) in [5.74, 6) is 0.169. The zero-order valence-electron chi connectivity index (χ0n) is 10.8. The van der Waals surface area contributed by atoms with Gasteiger partial charge in [0.1, 0.15) is 6.10 Å². The molecule has 2 rings (SSSR count). The van der Waals surface area contributed by atoms with Crippen LogP contribution in [0.5, 0.6) is 0 Å². The third kappa shape index (κ3) is 3.68. The molecule has 0 aliphatic carbocycles. The molecule has 0 bridgehead atoms. The SMILES string of the molecule is CC(OCC1CCCN1)C(=O)N1CCCCC1. The quantitative estimate of drug-likeness (QED) is 0.801. The molecule has 2 heterocycles. The minimum Gasteiger partial charge on any atom is -0.367 e. The minimum atomic E-state index is -0.282. The van der Waals surface area contributed by atoms with E-state index in [1.165, 1.54) is 19.3 Å². The Kier molecular flexibility index (Phi) is 4.80. The number of nitrogens with zero attached hydrogens (tertiary/aromatic N) is 1. The number of hydrogen-bond acceptors (Lipinski definition) is 3. The number of likely N-dealkylation sites (tertiary alicyclic amines) is 1. The van der Waals surface area contributed by atoms with E-state index < -0.39 is 0 Å². The molecule has 0 spiro atoms. The van der Waals surface area contributed by atoms with Crippen LogP contribution >= 0.6 is 0 Å². The molecule has 0 aromatic heterocycles. The first-order valence-electron chi connectivity index (χ1n) is 6.91. The topological polar surface area (TPSA) is 41.6 Å². The molecule has 0 aromatic rings. The highest BCUT2D eigenvalue weighted by Crippen LogP contribution is 2.12. The van der Waals surface area contributed by atoms with E-state index in [0.29, 0.717) is 12.6 Å². The first-order valence-corrected chi connectivity index (χ1v) is 6.91. The zero-order valence-corrected chi connectivity index (χ0v) is 10.8. The van der Waals surface area contributed by atoms with E-state index in [0.717, 1.165) is 32.5 Å². The van der Waals surface area contributed by atoms with Gasteiger partial charge in [-0.1, -0.05) is 0 Å². The Morgan fingerprint density at radius 2 is 2.12 bits per heavy atom. The molecule has 1 amide bonds. The molecule has 2 aliphatic rings. The highest BCUT2D eigenvalue weighted by Gasteiger charge is 2.24. The molecule has 98 valence electrons. The van der Waals surface area contributed by atoms with E-state index in [1.807, 2.05) is 11.8 Å². The maximum atomic E-state index is 12.1. The Labute approximate surface area is 104 Å². The largest absolute Gasteiger partial charge is 0.367 e. The Bertz CT molecular complexity index is 246. The lowest BCUT2D eigenvalue weighted by Gasteiger charge is -2.29. The van der Waals surface area contributed by atoms with Crippen molar-refractivity contribution >= 4 is 5.91 Å². The predicted octanol–water partition coefficient (Wildman–Crippen LogP) is 1.16. The fourth-order valence-electron chi connectivity index (χ4n) is 2.60. The Morgan fingerprint density at radius 1 is 1.35 bits per heavy atom. The van der Waals surface area contributed by atoms with Crippen LogP contribution in [-0.2, 0) is 9.53 Å². The fraction of sp³-hybridized carbons (Fsp3) is 0.923. The Hall–Kier alpha value is -0.610. The molecule has 4 nitrogen and oxygen atoms in total. The minimum absolute atomic E-state index is 0.169. The molecule has 2 saturated heterocycles. The fourth-order valence-corrected chi connectivity index (χ4v) is 2.60. The first-order chi connectivity index (χ1) is 8.27. The molecule has 2 atom stereocenters. The van der Waals surface area contributed by atoms with Gasteiger partial charge in [-0.2, -0.15) is 0 Å². The summed E-state index contributed by atoms with van der Waals surface area (Å²) in [6.45, 7) is 5.46. The van der Waals surface area contributed by atoms with Gasteiger partial charge in [-0.15, -0.1) is 0 Å². The molecule has 2 fully saturated rings. The van der Waals surface area contributed by atoms with E-state index in [-0.39, 0.29) is 12.0 Å². The number of carbonyl (C=O) groups excluding carboxylic acids is 1. The highest BCUT2D eigenvalue weighted by atomic mass is 16.5. The molecule has 0 aromatic carbocycles. The molecule has 2 unspecified atom stereocenters. The van der Waals surface area contributed by atoms with Gasteiger partial charge in [-0.25, -0.2) is 0 Å². The molecule has 2 aliphatic heterocycles. The van der Waals surface area contributed by atoms with Gasteiger partial charge in [0.05, 0.1) is 6.61 Å². The van der Waals surface area contributed by atoms with E-state index in [2.05, 4.69) is 5.32 Å². The van der Waals surface area contributed by atoms with Gasteiger partial charge in [0.15, 0.2) is 0 Å². The van der Waals surface area contributed by atoms with E-state index in [1.54, 1.807) is 0 Å². The maximum absolute atomic E-state index is 12.1. The molecular weight excluding hydrogens is 216 g/mol. The van der Waals surface area contributed by atoms with Crippen molar-refractivity contribution < 1.29 is 9.53 Å². The molecule has 4 heteroatoms. The number of ether oxygens (including phenoxy) is 1. The monoisotopic (exact) mass is 240 g/mol. The maximum Gasteiger partial charge on any atom is 0.251 e. The average Bonchev–Trinajstić information content (AvgIpc) is 2.89. The van der Waals surface area contributed by atoms with Crippen LogP contribution in [0.25, 0.3) is 0 Å². The Balaban J connectivity index is 1.70. The second-order valence-electron chi connectivity index (χ2n) is 5.15. The Morgan fingerprint density at radius 3 is 2.76 bits per heavy atom. The van der Waals surface area contributed by atoms with Gasteiger partial charge < -0.3 is 15.0 Å². The first kappa shape index (κ1) is 12.8. The lowest BCUT2D eigenvalue weighted by atomic mass is 10.1. The van der Waals surface area contributed by atoms with E-state index in [4.69, 9.17) is 4.74 Å². The van der Waals surface area contributed by atoms with Crippen LogP contribution in [0.15, 0.2) is 0 Å². The third-order valence-corrected chi connectivity index (χ3v) is 3.73. The van der Waals surface area contributed by atoms with Crippen molar-refractivity contribution in [3.05, 3.63) is 0 Å². The average molecular weight is 240 g/mol. The summed E-state index contributed by atoms with van der Waals surface area (Å²) in [4.78, 5) is 14.0. The number of carbonyl (C=O) groups is 1. The summed E-state index contributed by atoms with van der Waals surface area (Å²) in [6.07, 6.45) is 5.65. The summed E-state index contributed by atoms with van der Waals surface area (Å²) in [7, 11) is 0. The second-order valence-corrected chi connectivity index (χ2v) is 5.15. The van der Waals surface area contributed by atoms with Gasteiger partial charge in [-0.05, 0) is 45.6 Å². The highest BCUT2D eigenvalue weighted by molar-refractivity contribution is 5.80. The van der Waals surface area contributed by atoms with Gasteiger partial charge in [-0.3, -0.25) is 4.79 Å². The smallest absolute Gasteiger partial charge is 0.251 e. The van der Waals surface area contributed by atoms with Crippen LogP contribution in [0.4, 0.5) is 0 Å². The summed E-state index contributed by atoms with van der Waals surface area (Å²) in [5.41, 5.74) is 0. The lowest BCUT2D eigenvalue weighted by molar-refractivity contribution is -0.143. The van der Waals surface area contributed by atoms with Crippen molar-refractivity contribution in [3.8, 4) is 0 Å². The van der Waals surface area contributed by atoms with Gasteiger partial charge in [0, 0.05) is 19.1 Å². The van der Waals surface area contributed by atoms with Crippen LogP contribution in [0.1, 0.15) is 39.0 Å². The van der Waals surface area contributed by atoms with Crippen molar-refractivity contribution in [3.63, 3.8) is 0 Å². The van der Waals surface area contributed by atoms with Crippen molar-refractivity contribution in [1.82, 2.24) is 10.2 Å². The third-order valence-electron chi connectivity index (χ3n) is 3.73. The summed E-state index contributed by atoms with van der Waals surface area (Å²) in [5, 5.41) is 3.38.